The van der Waals surface area contributed by atoms with Crippen molar-refractivity contribution >= 4 is 11.8 Å². The normalized spacial score (nSPS) is 26.4. The summed E-state index contributed by atoms with van der Waals surface area (Å²) in [6.45, 7) is 3.40. The van der Waals surface area contributed by atoms with Crippen molar-refractivity contribution in [3.63, 3.8) is 0 Å². The first kappa shape index (κ1) is 20.4. The predicted octanol–water partition coefficient (Wildman–Crippen LogP) is 1.23. The van der Waals surface area contributed by atoms with E-state index in [2.05, 4.69) is 22.6 Å². The van der Waals surface area contributed by atoms with E-state index in [1.807, 2.05) is 18.2 Å². The first-order chi connectivity index (χ1) is 14.5. The Balaban J connectivity index is 1.42. The highest BCUT2D eigenvalue weighted by molar-refractivity contribution is 5.90. The molecule has 4 atom stereocenters. The van der Waals surface area contributed by atoms with Crippen LogP contribution in [0.5, 0.6) is 5.88 Å². The van der Waals surface area contributed by atoms with Crippen LogP contribution in [0.2, 0.25) is 0 Å². The lowest BCUT2D eigenvalue weighted by Crippen LogP contribution is -2.60. The van der Waals surface area contributed by atoms with Crippen LogP contribution in [0.25, 0.3) is 0 Å². The minimum absolute atomic E-state index is 0.127. The highest BCUT2D eigenvalue weighted by Gasteiger charge is 2.43. The molecule has 2 aliphatic rings. The van der Waals surface area contributed by atoms with Crippen LogP contribution >= 0.6 is 0 Å². The summed E-state index contributed by atoms with van der Waals surface area (Å²) in [5.74, 6) is -0.256. The summed E-state index contributed by atoms with van der Waals surface area (Å²) in [5.41, 5.74) is 2.91. The summed E-state index contributed by atoms with van der Waals surface area (Å²) in [6.07, 6.45) is 0.783. The average Bonchev–Trinajstić information content (AvgIpc) is 3.42. The van der Waals surface area contributed by atoms with Crippen molar-refractivity contribution in [2.24, 2.45) is 5.92 Å². The summed E-state index contributed by atoms with van der Waals surface area (Å²) in [6, 6.07) is 11.1. The monoisotopic (exact) mass is 414 g/mol. The first-order valence-corrected chi connectivity index (χ1v) is 10.2. The van der Waals surface area contributed by atoms with Gasteiger partial charge in [-0.05, 0) is 30.5 Å². The molecule has 2 aliphatic heterocycles. The quantitative estimate of drug-likeness (QED) is 0.498. The van der Waals surface area contributed by atoms with Gasteiger partial charge in [-0.1, -0.05) is 30.3 Å². The molecule has 0 aliphatic carbocycles. The number of carbonyl (C=O) groups is 2. The second kappa shape index (κ2) is 8.85. The zero-order valence-corrected chi connectivity index (χ0v) is 16.8. The smallest absolute Gasteiger partial charge is 0.254 e. The van der Waals surface area contributed by atoms with Crippen LogP contribution in [0.1, 0.15) is 30.1 Å². The Morgan fingerprint density at radius 3 is 2.83 bits per heavy atom. The molecule has 0 spiro atoms. The lowest BCUT2D eigenvalue weighted by atomic mass is 9.87. The van der Waals surface area contributed by atoms with Crippen LogP contribution in [0, 0.1) is 12.8 Å². The summed E-state index contributed by atoms with van der Waals surface area (Å²) in [7, 11) is 0. The number of ether oxygens (including phenoxy) is 1. The van der Waals surface area contributed by atoms with Gasteiger partial charge < -0.3 is 19.5 Å². The van der Waals surface area contributed by atoms with Gasteiger partial charge in [-0.2, -0.15) is 0 Å². The van der Waals surface area contributed by atoms with Crippen molar-refractivity contribution in [3.8, 4) is 5.88 Å². The number of hydrogen-bond donors (Lipinski definition) is 3. The number of benzene rings is 1. The maximum atomic E-state index is 13.2. The molecule has 2 aromatic rings. The molecule has 3 heterocycles. The van der Waals surface area contributed by atoms with E-state index in [4.69, 9.17) is 9.26 Å². The van der Waals surface area contributed by atoms with Crippen LogP contribution in [0.15, 0.2) is 40.9 Å². The van der Waals surface area contributed by atoms with Gasteiger partial charge in [0.1, 0.15) is 11.9 Å². The van der Waals surface area contributed by atoms with Crippen molar-refractivity contribution in [2.75, 3.05) is 19.6 Å². The number of carbonyl (C=O) groups excluding carboxylic acids is 2. The highest BCUT2D eigenvalue weighted by atomic mass is 16.5. The second-order valence-electron chi connectivity index (χ2n) is 7.90. The molecular formula is C21H26N4O5. The molecule has 9 heteroatoms. The van der Waals surface area contributed by atoms with E-state index in [9.17, 15) is 14.8 Å². The molecule has 3 N–H and O–H groups in total. The topological polar surface area (TPSA) is 117 Å². The number of likely N-dealkylation sites (tertiary alicyclic amines) is 1. The Bertz CT molecular complexity index is 887. The average molecular weight is 414 g/mol. The maximum Gasteiger partial charge on any atom is 0.254 e. The zero-order valence-electron chi connectivity index (χ0n) is 16.8. The fraction of sp³-hybridized carbons (Fsp3) is 0.476. The third-order valence-corrected chi connectivity index (χ3v) is 5.86. The van der Waals surface area contributed by atoms with E-state index in [-0.39, 0.29) is 24.3 Å². The molecule has 2 saturated heterocycles. The molecule has 1 aromatic carbocycles. The summed E-state index contributed by atoms with van der Waals surface area (Å²) < 4.78 is 10.8. The number of aryl methyl sites for hydroxylation is 1. The molecular weight excluding hydrogens is 388 g/mol. The first-order valence-electron chi connectivity index (χ1n) is 10.2. The molecule has 9 nitrogen and oxygen atoms in total. The van der Waals surface area contributed by atoms with Gasteiger partial charge in [0.05, 0.1) is 12.0 Å². The minimum Gasteiger partial charge on any atom is -0.471 e. The van der Waals surface area contributed by atoms with E-state index < -0.39 is 17.9 Å². The zero-order chi connectivity index (χ0) is 21.1. The minimum atomic E-state index is -0.759. The van der Waals surface area contributed by atoms with Crippen LogP contribution in [-0.2, 0) is 9.59 Å². The summed E-state index contributed by atoms with van der Waals surface area (Å²) in [5, 5.41) is 16.2. The van der Waals surface area contributed by atoms with Crippen molar-refractivity contribution in [1.29, 1.82) is 0 Å². The maximum absolute atomic E-state index is 13.2. The number of hydrogen-bond acceptors (Lipinski definition) is 7. The lowest BCUT2D eigenvalue weighted by molar-refractivity contribution is -0.144. The van der Waals surface area contributed by atoms with Crippen LogP contribution in [-0.4, -0.2) is 58.9 Å². The molecule has 30 heavy (non-hydrogen) atoms. The number of aromatic nitrogens is 1. The molecule has 0 bridgehead atoms. The van der Waals surface area contributed by atoms with Gasteiger partial charge >= 0.3 is 0 Å². The predicted molar refractivity (Wildman–Crippen MR) is 106 cm³/mol. The van der Waals surface area contributed by atoms with Gasteiger partial charge in [0.2, 0.25) is 11.8 Å². The second-order valence-corrected chi connectivity index (χ2v) is 7.90. The van der Waals surface area contributed by atoms with Gasteiger partial charge in [0.15, 0.2) is 0 Å². The van der Waals surface area contributed by atoms with Crippen molar-refractivity contribution in [2.45, 2.75) is 37.8 Å². The summed E-state index contributed by atoms with van der Waals surface area (Å²) in [4.78, 5) is 27.3. The van der Waals surface area contributed by atoms with Gasteiger partial charge in [0.25, 0.3) is 5.88 Å². The van der Waals surface area contributed by atoms with E-state index in [0.717, 1.165) is 6.42 Å². The summed E-state index contributed by atoms with van der Waals surface area (Å²) >= 11 is 0. The van der Waals surface area contributed by atoms with Crippen LogP contribution in [0.3, 0.4) is 0 Å². The number of nitrogens with one attached hydrogen (secondary N) is 2. The van der Waals surface area contributed by atoms with Gasteiger partial charge in [0, 0.05) is 31.6 Å². The van der Waals surface area contributed by atoms with E-state index in [0.29, 0.717) is 31.3 Å². The SMILES string of the molecule is Cc1cc(O[C@@H]2CN[C@H](C(=O)N3CC[C@H](c4ccccc4)C3)[C@@H](C(=O)NO)C2)no1. The molecule has 0 unspecified atom stereocenters. The van der Waals surface area contributed by atoms with Gasteiger partial charge in [-0.15, -0.1) is 0 Å². The Labute approximate surface area is 174 Å². The molecule has 160 valence electrons. The molecule has 2 fully saturated rings. The lowest BCUT2D eigenvalue weighted by Gasteiger charge is -2.36. The standard InChI is InChI=1S/C21H26N4O5/c1-13-9-18(24-30-13)29-16-10-17(20(26)23-28)19(22-11-16)21(27)25-8-7-15(12-25)14-5-3-2-4-6-14/h2-6,9,15-17,19,22,28H,7-8,10-12H2,1H3,(H,23,26)/t15-,16-,17-,19-/m0/s1. The Hall–Kier alpha value is -2.91. The molecule has 4 rings (SSSR count). The number of piperidine rings is 1. The van der Waals surface area contributed by atoms with E-state index >= 15 is 0 Å². The third-order valence-electron chi connectivity index (χ3n) is 5.86. The van der Waals surface area contributed by atoms with Crippen molar-refractivity contribution < 1.29 is 24.1 Å². The molecule has 0 radical (unpaired) electrons. The van der Waals surface area contributed by atoms with Crippen molar-refractivity contribution in [3.05, 3.63) is 47.7 Å². The van der Waals surface area contributed by atoms with Crippen molar-refractivity contribution in [1.82, 2.24) is 20.9 Å². The highest BCUT2D eigenvalue weighted by Crippen LogP contribution is 2.29. The fourth-order valence-corrected chi connectivity index (χ4v) is 4.32. The van der Waals surface area contributed by atoms with E-state index in [1.54, 1.807) is 23.4 Å². The van der Waals surface area contributed by atoms with E-state index in [1.165, 1.54) is 5.56 Å². The molecule has 2 amide bonds. The Morgan fingerprint density at radius 2 is 2.13 bits per heavy atom. The Morgan fingerprint density at radius 1 is 1.33 bits per heavy atom. The van der Waals surface area contributed by atoms with Crippen LogP contribution in [0.4, 0.5) is 0 Å². The number of rotatable bonds is 5. The number of nitrogens with zero attached hydrogens (tertiary/aromatic N) is 2. The van der Waals surface area contributed by atoms with Gasteiger partial charge in [-0.25, -0.2) is 5.48 Å². The molecule has 0 saturated carbocycles. The van der Waals surface area contributed by atoms with Gasteiger partial charge in [-0.3, -0.25) is 14.8 Å². The fourth-order valence-electron chi connectivity index (χ4n) is 4.32. The van der Waals surface area contributed by atoms with Crippen LogP contribution < -0.4 is 15.5 Å². The molecule has 1 aromatic heterocycles. The Kier molecular flexibility index (Phi) is 6.01. The number of amides is 2. The number of hydroxylamine groups is 1. The largest absolute Gasteiger partial charge is 0.471 e. The third kappa shape index (κ3) is 4.31.